The van der Waals surface area contributed by atoms with E-state index in [1.165, 1.54) is 5.56 Å². The zero-order chi connectivity index (χ0) is 26.2. The number of hydrogen-bond donors (Lipinski definition) is 3. The maximum Gasteiger partial charge on any atom is 0.135 e. The topological polar surface area (TPSA) is 95.2 Å². The van der Waals surface area contributed by atoms with Gasteiger partial charge in [0, 0.05) is 51.9 Å². The number of thiophene rings is 1. The quantitative estimate of drug-likeness (QED) is 0.201. The highest BCUT2D eigenvalue weighted by Gasteiger charge is 2.16. The smallest absolute Gasteiger partial charge is 0.135 e. The monoisotopic (exact) mass is 525 g/mol. The van der Waals surface area contributed by atoms with Crippen molar-refractivity contribution in [2.75, 3.05) is 5.32 Å². The molecular weight excluding hydrogens is 502 g/mol. The number of aromatic nitrogens is 6. The van der Waals surface area contributed by atoms with Crippen LogP contribution < -0.4 is 5.32 Å². The van der Waals surface area contributed by atoms with Crippen LogP contribution in [0.4, 0.5) is 5.69 Å². The molecule has 6 heterocycles. The van der Waals surface area contributed by atoms with Crippen molar-refractivity contribution in [1.29, 1.82) is 0 Å². The zero-order valence-corrected chi connectivity index (χ0v) is 21.7. The highest BCUT2D eigenvalue weighted by Crippen LogP contribution is 2.34. The van der Waals surface area contributed by atoms with Crippen molar-refractivity contribution in [2.24, 2.45) is 0 Å². The van der Waals surface area contributed by atoms with E-state index in [9.17, 15) is 0 Å². The summed E-state index contributed by atoms with van der Waals surface area (Å²) in [6, 6.07) is 22.5. The first-order valence-corrected chi connectivity index (χ1v) is 13.5. The molecule has 0 spiro atoms. The second-order valence-electron chi connectivity index (χ2n) is 9.33. The first kappa shape index (κ1) is 23.1. The minimum Gasteiger partial charge on any atom is -0.358 e. The molecule has 8 heteroatoms. The van der Waals surface area contributed by atoms with Crippen LogP contribution in [0.2, 0.25) is 0 Å². The third kappa shape index (κ3) is 4.47. The summed E-state index contributed by atoms with van der Waals surface area (Å²) >= 11 is 1.66. The molecule has 1 aromatic carbocycles. The van der Waals surface area contributed by atoms with E-state index in [4.69, 9.17) is 4.98 Å². The van der Waals surface area contributed by atoms with Gasteiger partial charge in [0.25, 0.3) is 0 Å². The molecule has 0 fully saturated rings. The standard InChI is InChI=1S/C31H23N7S/c1-19(13-20-5-3-2-4-6-20)34-23-14-22(16-32-17-23)25-7-8-27-30(36-25)31(38-37-27)28-15-24-26(35-28)9-11-33-29(24)21-10-12-39-18-21/h2-12,14-18,34-35H,1,13H2,(H,37,38). The average molecular weight is 526 g/mol. The molecule has 0 aliphatic carbocycles. The molecular formula is C31H23N7S. The van der Waals surface area contributed by atoms with Crippen molar-refractivity contribution < 1.29 is 0 Å². The maximum absolute atomic E-state index is 4.99. The van der Waals surface area contributed by atoms with Gasteiger partial charge in [0.1, 0.15) is 11.2 Å². The summed E-state index contributed by atoms with van der Waals surface area (Å²) in [5.41, 5.74) is 11.1. The fraction of sp³-hybridized carbons (Fsp3) is 0.0323. The molecule has 7 rings (SSSR count). The minimum absolute atomic E-state index is 0.738. The van der Waals surface area contributed by atoms with Gasteiger partial charge >= 0.3 is 0 Å². The number of pyridine rings is 3. The van der Waals surface area contributed by atoms with Crippen LogP contribution in [0.3, 0.4) is 0 Å². The number of nitrogens with one attached hydrogen (secondary N) is 3. The Kier molecular flexibility index (Phi) is 5.71. The summed E-state index contributed by atoms with van der Waals surface area (Å²) < 4.78 is 0. The van der Waals surface area contributed by atoms with Crippen LogP contribution in [0.15, 0.2) is 108 Å². The van der Waals surface area contributed by atoms with Gasteiger partial charge in [-0.15, -0.1) is 0 Å². The van der Waals surface area contributed by atoms with E-state index in [2.05, 4.69) is 72.1 Å². The van der Waals surface area contributed by atoms with Crippen LogP contribution in [-0.2, 0) is 6.42 Å². The Balaban J connectivity index is 1.21. The zero-order valence-electron chi connectivity index (χ0n) is 20.8. The predicted molar refractivity (Wildman–Crippen MR) is 158 cm³/mol. The van der Waals surface area contributed by atoms with Crippen LogP contribution in [0.25, 0.3) is 55.8 Å². The third-order valence-corrected chi connectivity index (χ3v) is 7.30. The summed E-state index contributed by atoms with van der Waals surface area (Å²) in [6.07, 6.45) is 6.19. The van der Waals surface area contributed by atoms with Crippen molar-refractivity contribution in [1.82, 2.24) is 30.1 Å². The molecule has 0 amide bonds. The lowest BCUT2D eigenvalue weighted by Crippen LogP contribution is -2.02. The maximum atomic E-state index is 4.99. The summed E-state index contributed by atoms with van der Waals surface area (Å²) in [7, 11) is 0. The number of fused-ring (bicyclic) bond motifs is 2. The Morgan fingerprint density at radius 1 is 0.923 bits per heavy atom. The Bertz CT molecular complexity index is 1930. The lowest BCUT2D eigenvalue weighted by molar-refractivity contribution is 1.12. The Morgan fingerprint density at radius 2 is 1.85 bits per heavy atom. The van der Waals surface area contributed by atoms with Gasteiger partial charge in [0.05, 0.1) is 34.5 Å². The number of anilines is 1. The molecule has 0 aliphatic rings. The molecule has 0 saturated heterocycles. The fourth-order valence-corrected chi connectivity index (χ4v) is 5.44. The first-order valence-electron chi connectivity index (χ1n) is 12.5. The van der Waals surface area contributed by atoms with Crippen LogP contribution in [0.5, 0.6) is 0 Å². The molecule has 0 unspecified atom stereocenters. The van der Waals surface area contributed by atoms with Gasteiger partial charge < -0.3 is 10.3 Å². The number of benzene rings is 1. The molecule has 6 aromatic heterocycles. The molecule has 7 aromatic rings. The Labute approximate surface area is 228 Å². The largest absolute Gasteiger partial charge is 0.358 e. The normalized spacial score (nSPS) is 11.3. The summed E-state index contributed by atoms with van der Waals surface area (Å²) in [5.74, 6) is 0. The highest BCUT2D eigenvalue weighted by atomic mass is 32.1. The molecule has 3 N–H and O–H groups in total. The fourth-order valence-electron chi connectivity index (χ4n) is 4.80. The van der Waals surface area contributed by atoms with E-state index in [1.54, 1.807) is 17.5 Å². The van der Waals surface area contributed by atoms with Crippen molar-refractivity contribution >= 4 is 39.0 Å². The molecule has 0 aliphatic heterocycles. The molecule has 39 heavy (non-hydrogen) atoms. The van der Waals surface area contributed by atoms with E-state index in [1.807, 2.05) is 54.9 Å². The molecule has 188 valence electrons. The van der Waals surface area contributed by atoms with E-state index in [-0.39, 0.29) is 0 Å². The van der Waals surface area contributed by atoms with Crippen LogP contribution in [-0.4, -0.2) is 30.1 Å². The SMILES string of the molecule is C=C(Cc1ccccc1)Nc1cncc(-c2ccc3[nH]nc(-c4cc5c(-c6ccsc6)nccc5[nH]4)c3n2)c1. The molecule has 0 bridgehead atoms. The number of H-pyrrole nitrogens is 2. The summed E-state index contributed by atoms with van der Waals surface area (Å²) in [6.45, 7) is 4.19. The van der Waals surface area contributed by atoms with Gasteiger partial charge in [-0.05, 0) is 47.3 Å². The first-order chi connectivity index (χ1) is 19.2. The number of aromatic amines is 2. The van der Waals surface area contributed by atoms with Crippen molar-refractivity contribution in [3.8, 4) is 33.9 Å². The minimum atomic E-state index is 0.738. The number of nitrogens with zero attached hydrogens (tertiary/aromatic N) is 4. The number of hydrogen-bond acceptors (Lipinski definition) is 6. The van der Waals surface area contributed by atoms with E-state index < -0.39 is 0 Å². The van der Waals surface area contributed by atoms with Crippen LogP contribution in [0, 0.1) is 0 Å². The lowest BCUT2D eigenvalue weighted by Gasteiger charge is -2.11. The predicted octanol–water partition coefficient (Wildman–Crippen LogP) is 7.46. The molecule has 0 saturated carbocycles. The summed E-state index contributed by atoms with van der Waals surface area (Å²) in [5, 5.41) is 16.4. The summed E-state index contributed by atoms with van der Waals surface area (Å²) in [4.78, 5) is 17.6. The average Bonchev–Trinajstić information content (AvgIpc) is 3.73. The molecule has 0 radical (unpaired) electrons. The van der Waals surface area contributed by atoms with Gasteiger partial charge in [0.15, 0.2) is 0 Å². The van der Waals surface area contributed by atoms with Crippen molar-refractivity contribution in [3.63, 3.8) is 0 Å². The van der Waals surface area contributed by atoms with Gasteiger partial charge in [-0.3, -0.25) is 15.1 Å². The number of rotatable bonds is 7. The second-order valence-corrected chi connectivity index (χ2v) is 10.1. The number of allylic oxidation sites excluding steroid dienone is 1. The van der Waals surface area contributed by atoms with Crippen molar-refractivity contribution in [2.45, 2.75) is 6.42 Å². The van der Waals surface area contributed by atoms with E-state index >= 15 is 0 Å². The third-order valence-electron chi connectivity index (χ3n) is 6.62. The molecule has 7 nitrogen and oxygen atoms in total. The Hall–Kier alpha value is -5.08. The Morgan fingerprint density at radius 3 is 2.72 bits per heavy atom. The van der Waals surface area contributed by atoms with E-state index in [0.717, 1.165) is 73.6 Å². The highest BCUT2D eigenvalue weighted by molar-refractivity contribution is 7.08. The second kappa shape index (κ2) is 9.66. The van der Waals surface area contributed by atoms with Gasteiger partial charge in [-0.1, -0.05) is 36.9 Å². The van der Waals surface area contributed by atoms with Gasteiger partial charge in [-0.2, -0.15) is 16.4 Å². The lowest BCUT2D eigenvalue weighted by atomic mass is 10.1. The van der Waals surface area contributed by atoms with Gasteiger partial charge in [-0.25, -0.2) is 4.98 Å². The molecule has 0 atom stereocenters. The van der Waals surface area contributed by atoms with Crippen LogP contribution >= 0.6 is 11.3 Å². The van der Waals surface area contributed by atoms with Crippen LogP contribution in [0.1, 0.15) is 5.56 Å². The van der Waals surface area contributed by atoms with Crippen molar-refractivity contribution in [3.05, 3.63) is 114 Å². The van der Waals surface area contributed by atoms with Gasteiger partial charge in [0.2, 0.25) is 0 Å². The van der Waals surface area contributed by atoms with E-state index in [0.29, 0.717) is 0 Å².